The van der Waals surface area contributed by atoms with Gasteiger partial charge in [-0.15, -0.1) is 0 Å². The lowest BCUT2D eigenvalue weighted by atomic mass is 10.0. The summed E-state index contributed by atoms with van der Waals surface area (Å²) in [5.41, 5.74) is 0. The molecule has 1 amide bonds. The molecule has 2 rings (SSSR count). The quantitative estimate of drug-likeness (QED) is 0.802. The normalized spacial score (nSPS) is 29.6. The van der Waals surface area contributed by atoms with E-state index in [0.29, 0.717) is 23.7 Å². The van der Waals surface area contributed by atoms with Gasteiger partial charge in [0.25, 0.3) is 0 Å². The van der Waals surface area contributed by atoms with E-state index in [1.54, 1.807) is 0 Å². The van der Waals surface area contributed by atoms with Gasteiger partial charge in [-0.25, -0.2) is 0 Å². The Hall–Kier alpha value is -0.570. The molecular weight excluding hydrogens is 236 g/mol. The molecule has 1 saturated heterocycles. The Labute approximate surface area is 118 Å². The molecular formula is C16H30N2O. The summed E-state index contributed by atoms with van der Waals surface area (Å²) >= 11 is 0. The van der Waals surface area contributed by atoms with Crippen LogP contribution in [-0.2, 0) is 4.79 Å². The highest BCUT2D eigenvalue weighted by atomic mass is 16.2. The zero-order valence-corrected chi connectivity index (χ0v) is 13.1. The van der Waals surface area contributed by atoms with Crippen LogP contribution in [-0.4, -0.2) is 29.6 Å². The van der Waals surface area contributed by atoms with Gasteiger partial charge in [0.05, 0.1) is 12.2 Å². The van der Waals surface area contributed by atoms with Crippen molar-refractivity contribution in [3.63, 3.8) is 0 Å². The van der Waals surface area contributed by atoms with Crippen molar-refractivity contribution in [1.29, 1.82) is 0 Å². The molecule has 0 radical (unpaired) electrons. The van der Waals surface area contributed by atoms with Gasteiger partial charge in [0.15, 0.2) is 0 Å². The van der Waals surface area contributed by atoms with Gasteiger partial charge >= 0.3 is 0 Å². The molecule has 0 bridgehead atoms. The predicted octanol–water partition coefficient (Wildman–Crippen LogP) is 2.86. The molecule has 0 aromatic heterocycles. The van der Waals surface area contributed by atoms with E-state index in [9.17, 15) is 4.79 Å². The molecule has 0 spiro atoms. The smallest absolute Gasteiger partial charge is 0.241 e. The third-order valence-electron chi connectivity index (χ3n) is 4.57. The molecule has 3 heteroatoms. The van der Waals surface area contributed by atoms with E-state index in [2.05, 4.69) is 44.8 Å². The second-order valence-electron chi connectivity index (χ2n) is 7.34. The van der Waals surface area contributed by atoms with Gasteiger partial charge in [-0.1, -0.05) is 34.6 Å². The molecule has 0 aromatic rings. The van der Waals surface area contributed by atoms with Crippen LogP contribution in [0.4, 0.5) is 0 Å². The average Bonchev–Trinajstić information content (AvgIpc) is 3.09. The van der Waals surface area contributed by atoms with Crippen molar-refractivity contribution in [2.24, 2.45) is 23.7 Å². The van der Waals surface area contributed by atoms with Crippen molar-refractivity contribution in [1.82, 2.24) is 10.2 Å². The van der Waals surface area contributed by atoms with Gasteiger partial charge in [0.1, 0.15) is 0 Å². The Morgan fingerprint density at radius 2 is 1.84 bits per heavy atom. The predicted molar refractivity (Wildman–Crippen MR) is 78.6 cm³/mol. The van der Waals surface area contributed by atoms with Gasteiger partial charge in [-0.2, -0.15) is 0 Å². The largest absolute Gasteiger partial charge is 0.326 e. The molecule has 19 heavy (non-hydrogen) atoms. The first-order valence-corrected chi connectivity index (χ1v) is 7.96. The topological polar surface area (TPSA) is 32.3 Å². The molecule has 1 heterocycles. The van der Waals surface area contributed by atoms with Crippen molar-refractivity contribution in [2.45, 2.75) is 66.1 Å². The molecule has 3 nitrogen and oxygen atoms in total. The maximum atomic E-state index is 12.6. The average molecular weight is 266 g/mol. The maximum Gasteiger partial charge on any atom is 0.241 e. The summed E-state index contributed by atoms with van der Waals surface area (Å²) < 4.78 is 0. The first kappa shape index (κ1) is 14.8. The standard InChI is InChI=1S/C16H30N2O/c1-10(2)8-14-17-15(11(3)4)16(19)18(14)9-12(5)13-6-7-13/h10-15,17H,6-9H2,1-5H3. The number of nitrogens with zero attached hydrogens (tertiary/aromatic N) is 1. The van der Waals surface area contributed by atoms with Gasteiger partial charge < -0.3 is 4.90 Å². The Morgan fingerprint density at radius 1 is 1.21 bits per heavy atom. The van der Waals surface area contributed by atoms with Gasteiger partial charge in [0.2, 0.25) is 5.91 Å². The lowest BCUT2D eigenvalue weighted by Crippen LogP contribution is -2.41. The fourth-order valence-corrected chi connectivity index (χ4v) is 3.16. The lowest BCUT2D eigenvalue weighted by Gasteiger charge is -2.28. The third kappa shape index (κ3) is 3.50. The van der Waals surface area contributed by atoms with E-state index in [0.717, 1.165) is 18.9 Å². The van der Waals surface area contributed by atoms with E-state index >= 15 is 0 Å². The minimum absolute atomic E-state index is 0.0233. The Balaban J connectivity index is 2.03. The molecule has 0 aromatic carbocycles. The second-order valence-corrected chi connectivity index (χ2v) is 7.34. The van der Waals surface area contributed by atoms with Gasteiger partial charge in [-0.05, 0) is 42.9 Å². The summed E-state index contributed by atoms with van der Waals surface area (Å²) in [6, 6.07) is 0.0233. The molecule has 3 atom stereocenters. The highest BCUT2D eigenvalue weighted by molar-refractivity contribution is 5.84. The monoisotopic (exact) mass is 266 g/mol. The highest BCUT2D eigenvalue weighted by Crippen LogP contribution is 2.37. The minimum Gasteiger partial charge on any atom is -0.326 e. The fourth-order valence-electron chi connectivity index (χ4n) is 3.16. The van der Waals surface area contributed by atoms with E-state index < -0.39 is 0 Å². The lowest BCUT2D eigenvalue weighted by molar-refractivity contribution is -0.131. The van der Waals surface area contributed by atoms with Crippen LogP contribution in [0.15, 0.2) is 0 Å². The van der Waals surface area contributed by atoms with Crippen LogP contribution in [0.3, 0.4) is 0 Å². The molecule has 3 unspecified atom stereocenters. The summed E-state index contributed by atoms with van der Waals surface area (Å²) in [4.78, 5) is 14.7. The van der Waals surface area contributed by atoms with Crippen molar-refractivity contribution in [3.05, 3.63) is 0 Å². The molecule has 1 aliphatic heterocycles. The van der Waals surface area contributed by atoms with Crippen LogP contribution in [0.2, 0.25) is 0 Å². The number of carbonyl (C=O) groups excluding carboxylic acids is 1. The van der Waals surface area contributed by atoms with Crippen LogP contribution in [0.5, 0.6) is 0 Å². The van der Waals surface area contributed by atoms with Crippen molar-refractivity contribution in [3.8, 4) is 0 Å². The summed E-state index contributed by atoms with van der Waals surface area (Å²) in [6.07, 6.45) is 4.03. The third-order valence-corrected chi connectivity index (χ3v) is 4.57. The summed E-state index contributed by atoms with van der Waals surface area (Å²) in [5.74, 6) is 2.85. The van der Waals surface area contributed by atoms with E-state index in [1.807, 2.05) is 0 Å². The number of amides is 1. The summed E-state index contributed by atoms with van der Waals surface area (Å²) in [7, 11) is 0. The van der Waals surface area contributed by atoms with Gasteiger partial charge in [-0.3, -0.25) is 10.1 Å². The van der Waals surface area contributed by atoms with Crippen LogP contribution in [0.25, 0.3) is 0 Å². The van der Waals surface area contributed by atoms with E-state index in [4.69, 9.17) is 0 Å². The van der Waals surface area contributed by atoms with Crippen LogP contribution >= 0.6 is 0 Å². The first-order chi connectivity index (χ1) is 8.90. The van der Waals surface area contributed by atoms with Crippen LogP contribution < -0.4 is 5.32 Å². The zero-order valence-electron chi connectivity index (χ0n) is 13.1. The highest BCUT2D eigenvalue weighted by Gasteiger charge is 2.42. The maximum absolute atomic E-state index is 12.6. The Morgan fingerprint density at radius 3 is 2.32 bits per heavy atom. The first-order valence-electron chi connectivity index (χ1n) is 7.96. The second kappa shape index (κ2) is 5.82. The Bertz CT molecular complexity index is 323. The van der Waals surface area contributed by atoms with E-state index in [1.165, 1.54) is 12.8 Å². The number of nitrogens with one attached hydrogen (secondary N) is 1. The summed E-state index contributed by atoms with van der Waals surface area (Å²) in [6.45, 7) is 12.0. The molecule has 1 N–H and O–H groups in total. The van der Waals surface area contributed by atoms with E-state index in [-0.39, 0.29) is 12.2 Å². The van der Waals surface area contributed by atoms with Crippen molar-refractivity contribution >= 4 is 5.91 Å². The molecule has 110 valence electrons. The minimum atomic E-state index is 0.0233. The fraction of sp³-hybridized carbons (Fsp3) is 0.938. The van der Waals surface area contributed by atoms with Crippen molar-refractivity contribution in [2.75, 3.05) is 6.54 Å². The van der Waals surface area contributed by atoms with Crippen LogP contribution in [0.1, 0.15) is 53.9 Å². The van der Waals surface area contributed by atoms with Gasteiger partial charge in [0, 0.05) is 6.54 Å². The van der Waals surface area contributed by atoms with Crippen molar-refractivity contribution < 1.29 is 4.79 Å². The molecule has 2 aliphatic rings. The molecule has 2 fully saturated rings. The molecule has 1 aliphatic carbocycles. The number of carbonyl (C=O) groups is 1. The SMILES string of the molecule is CC(C)CC1NC(C(C)C)C(=O)N1CC(C)C1CC1. The molecule has 1 saturated carbocycles. The number of hydrogen-bond donors (Lipinski definition) is 1. The number of hydrogen-bond acceptors (Lipinski definition) is 2. The zero-order chi connectivity index (χ0) is 14.2. The van der Waals surface area contributed by atoms with Crippen LogP contribution in [0, 0.1) is 23.7 Å². The number of rotatable bonds is 6. The summed E-state index contributed by atoms with van der Waals surface area (Å²) in [5, 5.41) is 3.56. The Kier molecular flexibility index (Phi) is 4.54.